The maximum absolute atomic E-state index is 11.7. The monoisotopic (exact) mass is 215 g/mol. The molecule has 0 aliphatic rings. The smallest absolute Gasteiger partial charge is 0.128 e. The molecule has 1 aromatic rings. The molecule has 1 rings (SSSR count). The number of hydrogen-bond acceptors (Lipinski definition) is 2. The lowest BCUT2D eigenvalue weighted by molar-refractivity contribution is 0.493. The van der Waals surface area contributed by atoms with Gasteiger partial charge in [-0.1, -0.05) is 13.8 Å². The van der Waals surface area contributed by atoms with Crippen LogP contribution in [0.5, 0.6) is 0 Å². The molecule has 0 fully saturated rings. The van der Waals surface area contributed by atoms with Gasteiger partial charge in [-0.25, -0.2) is 8.93 Å². The molecule has 0 amide bonds. The Morgan fingerprint density at radius 3 is 2.57 bits per heavy atom. The van der Waals surface area contributed by atoms with Crippen LogP contribution in [0.1, 0.15) is 20.8 Å². The minimum absolute atomic E-state index is 0.232. The maximum Gasteiger partial charge on any atom is 0.128 e. The number of nitrogens with one attached hydrogen (secondary N) is 1. The highest BCUT2D eigenvalue weighted by Crippen LogP contribution is 2.06. The van der Waals surface area contributed by atoms with E-state index >= 15 is 0 Å². The molecule has 0 saturated heterocycles. The zero-order valence-corrected chi connectivity index (χ0v) is 9.84. The van der Waals surface area contributed by atoms with Gasteiger partial charge in [0.1, 0.15) is 11.0 Å². The van der Waals surface area contributed by atoms with E-state index in [-0.39, 0.29) is 6.04 Å². The van der Waals surface area contributed by atoms with E-state index in [1.165, 1.54) is 0 Å². The largest absolute Gasteiger partial charge is 0.275 e. The van der Waals surface area contributed by atoms with Crippen LogP contribution in [0.4, 0.5) is 0 Å². The van der Waals surface area contributed by atoms with E-state index < -0.39 is 11.0 Å². The third-order valence-electron chi connectivity index (χ3n) is 2.19. The average Bonchev–Trinajstić information content (AvgIpc) is 2.51. The van der Waals surface area contributed by atoms with Gasteiger partial charge in [0.25, 0.3) is 0 Å². The quantitative estimate of drug-likeness (QED) is 0.817. The van der Waals surface area contributed by atoms with Gasteiger partial charge in [-0.3, -0.25) is 4.68 Å². The first kappa shape index (κ1) is 11.4. The molecular weight excluding hydrogens is 198 g/mol. The molecule has 4 nitrogen and oxygen atoms in total. The zero-order valence-electron chi connectivity index (χ0n) is 9.02. The van der Waals surface area contributed by atoms with Gasteiger partial charge in [0.15, 0.2) is 0 Å². The highest BCUT2D eigenvalue weighted by Gasteiger charge is 2.12. The summed E-state index contributed by atoms with van der Waals surface area (Å²) in [6.07, 6.45) is 3.38. The molecule has 1 N–H and O–H groups in total. The van der Waals surface area contributed by atoms with Crippen molar-refractivity contribution in [3.05, 3.63) is 12.4 Å². The summed E-state index contributed by atoms with van der Waals surface area (Å²) in [7, 11) is 0.666. The van der Waals surface area contributed by atoms with Crippen molar-refractivity contribution in [3.8, 4) is 0 Å². The van der Waals surface area contributed by atoms with E-state index in [0.29, 0.717) is 5.92 Å². The zero-order chi connectivity index (χ0) is 10.7. The Hall–Kier alpha value is -0.680. The fourth-order valence-corrected chi connectivity index (χ4v) is 2.00. The summed E-state index contributed by atoms with van der Waals surface area (Å²) in [5.74, 6) is 0.468. The number of rotatable bonds is 4. The Bertz CT molecular complexity index is 322. The topological polar surface area (TPSA) is 46.9 Å². The van der Waals surface area contributed by atoms with Crippen LogP contribution in [0.15, 0.2) is 17.3 Å². The van der Waals surface area contributed by atoms with Crippen molar-refractivity contribution in [1.29, 1.82) is 0 Å². The normalized spacial score (nSPS) is 15.8. The molecule has 0 aromatic carbocycles. The Balaban J connectivity index is 2.59. The molecular formula is C9H17N3OS. The number of hydrogen-bond donors (Lipinski definition) is 1. The Morgan fingerprint density at radius 1 is 1.50 bits per heavy atom. The van der Waals surface area contributed by atoms with Gasteiger partial charge in [-0.05, 0) is 12.8 Å². The first-order valence-electron chi connectivity index (χ1n) is 4.67. The van der Waals surface area contributed by atoms with Gasteiger partial charge in [0.2, 0.25) is 0 Å². The molecule has 0 aliphatic carbocycles. The second-order valence-electron chi connectivity index (χ2n) is 3.77. The summed E-state index contributed by atoms with van der Waals surface area (Å²) in [6.45, 7) is 6.22. The van der Waals surface area contributed by atoms with Crippen LogP contribution < -0.4 is 4.72 Å². The number of aryl methyl sites for hydroxylation is 1. The summed E-state index contributed by atoms with van der Waals surface area (Å²) in [5, 5.41) is 3.97. The molecule has 0 aliphatic heterocycles. The van der Waals surface area contributed by atoms with E-state index in [1.54, 1.807) is 17.1 Å². The molecule has 0 radical (unpaired) electrons. The van der Waals surface area contributed by atoms with Gasteiger partial charge in [0.05, 0.1) is 11.1 Å². The van der Waals surface area contributed by atoms with Gasteiger partial charge in [0, 0.05) is 19.3 Å². The standard InChI is InChI=1S/C9H17N3OS/c1-7(2)8(3)11-14(13)9-5-10-12(4)6-9/h5-8,11H,1-4H3. The van der Waals surface area contributed by atoms with Crippen molar-refractivity contribution in [2.45, 2.75) is 31.7 Å². The SMILES string of the molecule is CC(C)C(C)NS(=O)c1cnn(C)c1. The molecule has 0 saturated carbocycles. The van der Waals surface area contributed by atoms with Gasteiger partial charge >= 0.3 is 0 Å². The lowest BCUT2D eigenvalue weighted by Gasteiger charge is -2.15. The van der Waals surface area contributed by atoms with Crippen LogP contribution in [0, 0.1) is 5.92 Å². The van der Waals surface area contributed by atoms with Crippen LogP contribution in [0.25, 0.3) is 0 Å². The molecule has 5 heteroatoms. The van der Waals surface area contributed by atoms with Gasteiger partial charge < -0.3 is 0 Å². The molecule has 1 aromatic heterocycles. The minimum atomic E-state index is -1.15. The van der Waals surface area contributed by atoms with Crippen LogP contribution in [0.2, 0.25) is 0 Å². The molecule has 2 atom stereocenters. The van der Waals surface area contributed by atoms with Crippen LogP contribution in [-0.2, 0) is 18.0 Å². The summed E-state index contributed by atoms with van der Waals surface area (Å²) >= 11 is 0. The minimum Gasteiger partial charge on any atom is -0.275 e. The highest BCUT2D eigenvalue weighted by molar-refractivity contribution is 7.83. The van der Waals surface area contributed by atoms with E-state index in [2.05, 4.69) is 23.7 Å². The van der Waals surface area contributed by atoms with E-state index in [9.17, 15) is 4.21 Å². The summed E-state index contributed by atoms with van der Waals surface area (Å²) < 4.78 is 16.4. The molecule has 1 heterocycles. The van der Waals surface area contributed by atoms with Gasteiger partial charge in [-0.15, -0.1) is 0 Å². The molecule has 2 unspecified atom stereocenters. The third-order valence-corrected chi connectivity index (χ3v) is 3.41. The molecule has 14 heavy (non-hydrogen) atoms. The van der Waals surface area contributed by atoms with Crippen molar-refractivity contribution in [1.82, 2.24) is 14.5 Å². The number of nitrogens with zero attached hydrogens (tertiary/aromatic N) is 2. The average molecular weight is 215 g/mol. The predicted octanol–water partition coefficient (Wildman–Crippen LogP) is 1.08. The van der Waals surface area contributed by atoms with Crippen molar-refractivity contribution < 1.29 is 4.21 Å². The van der Waals surface area contributed by atoms with E-state index in [1.807, 2.05) is 14.0 Å². The summed E-state index contributed by atoms with van der Waals surface area (Å²) in [5.41, 5.74) is 0. The second-order valence-corrected chi connectivity index (χ2v) is 5.01. The van der Waals surface area contributed by atoms with Crippen molar-refractivity contribution in [2.75, 3.05) is 0 Å². The van der Waals surface area contributed by atoms with Crippen LogP contribution in [0.3, 0.4) is 0 Å². The third kappa shape index (κ3) is 2.92. The predicted molar refractivity (Wildman–Crippen MR) is 57.1 cm³/mol. The summed E-state index contributed by atoms with van der Waals surface area (Å²) in [6, 6.07) is 0.232. The summed E-state index contributed by atoms with van der Waals surface area (Å²) in [4.78, 5) is 0.722. The first-order chi connectivity index (χ1) is 6.50. The molecule has 0 bridgehead atoms. The Labute approximate surface area is 87.3 Å². The van der Waals surface area contributed by atoms with E-state index in [0.717, 1.165) is 4.90 Å². The van der Waals surface area contributed by atoms with E-state index in [4.69, 9.17) is 0 Å². The van der Waals surface area contributed by atoms with Gasteiger partial charge in [-0.2, -0.15) is 5.10 Å². The van der Waals surface area contributed by atoms with Crippen LogP contribution in [-0.4, -0.2) is 20.0 Å². The number of aromatic nitrogens is 2. The first-order valence-corrected chi connectivity index (χ1v) is 5.82. The maximum atomic E-state index is 11.7. The fraction of sp³-hybridized carbons (Fsp3) is 0.667. The van der Waals surface area contributed by atoms with Crippen molar-refractivity contribution in [2.24, 2.45) is 13.0 Å². The van der Waals surface area contributed by atoms with Crippen molar-refractivity contribution >= 4 is 11.0 Å². The lowest BCUT2D eigenvalue weighted by Crippen LogP contribution is -2.32. The Kier molecular flexibility index (Phi) is 3.83. The van der Waals surface area contributed by atoms with Crippen LogP contribution >= 0.6 is 0 Å². The fourth-order valence-electron chi connectivity index (χ4n) is 0.867. The molecule has 80 valence electrons. The Morgan fingerprint density at radius 2 is 2.14 bits per heavy atom. The lowest BCUT2D eigenvalue weighted by atomic mass is 10.1. The highest BCUT2D eigenvalue weighted by atomic mass is 32.2. The molecule has 0 spiro atoms. The second kappa shape index (κ2) is 4.70. The van der Waals surface area contributed by atoms with Crippen molar-refractivity contribution in [3.63, 3.8) is 0 Å².